The van der Waals surface area contributed by atoms with E-state index in [1.807, 2.05) is 30.3 Å². The Bertz CT molecular complexity index is 931. The van der Waals surface area contributed by atoms with Gasteiger partial charge in [0.2, 0.25) is 0 Å². The van der Waals surface area contributed by atoms with E-state index in [0.717, 1.165) is 11.1 Å². The lowest BCUT2D eigenvalue weighted by Gasteiger charge is -2.14. The summed E-state index contributed by atoms with van der Waals surface area (Å²) >= 11 is 0. The van der Waals surface area contributed by atoms with Crippen molar-refractivity contribution in [1.29, 1.82) is 5.26 Å². The van der Waals surface area contributed by atoms with Crippen molar-refractivity contribution in [3.05, 3.63) is 60.3 Å². The van der Waals surface area contributed by atoms with Gasteiger partial charge in [-0.15, -0.1) is 0 Å². The predicted molar refractivity (Wildman–Crippen MR) is 92.5 cm³/mol. The highest BCUT2D eigenvalue weighted by molar-refractivity contribution is 5.89. The van der Waals surface area contributed by atoms with Crippen molar-refractivity contribution < 1.29 is 9.84 Å². The molecule has 118 valence electrons. The Hall–Kier alpha value is -3.52. The van der Waals surface area contributed by atoms with Crippen LogP contribution in [0.5, 0.6) is 11.5 Å². The molecule has 0 fully saturated rings. The van der Waals surface area contributed by atoms with Gasteiger partial charge in [0.25, 0.3) is 0 Å². The van der Waals surface area contributed by atoms with Crippen molar-refractivity contribution in [2.75, 3.05) is 12.8 Å². The lowest BCUT2D eigenvalue weighted by molar-refractivity contribution is 0.373. The maximum atomic E-state index is 9.82. The molecule has 5 nitrogen and oxygen atoms in total. The van der Waals surface area contributed by atoms with E-state index in [4.69, 9.17) is 10.5 Å². The number of nitrogens with two attached hydrogens (primary N) is 1. The average molecular weight is 317 g/mol. The predicted octanol–water partition coefficient (Wildman–Crippen LogP) is 3.58. The first-order valence-corrected chi connectivity index (χ1v) is 7.27. The Morgan fingerprint density at radius 3 is 2.54 bits per heavy atom. The van der Waals surface area contributed by atoms with E-state index in [9.17, 15) is 10.4 Å². The number of ether oxygens (including phenoxy) is 1. The second kappa shape index (κ2) is 6.31. The number of rotatable bonds is 3. The molecule has 0 amide bonds. The van der Waals surface area contributed by atoms with Crippen LogP contribution in [0.25, 0.3) is 22.3 Å². The van der Waals surface area contributed by atoms with Crippen molar-refractivity contribution in [1.82, 2.24) is 4.98 Å². The fourth-order valence-electron chi connectivity index (χ4n) is 2.61. The van der Waals surface area contributed by atoms with Crippen LogP contribution < -0.4 is 10.5 Å². The number of methoxy groups -OCH3 is 1. The largest absolute Gasteiger partial charge is 0.504 e. The van der Waals surface area contributed by atoms with Gasteiger partial charge in [0.1, 0.15) is 17.5 Å². The van der Waals surface area contributed by atoms with Crippen molar-refractivity contribution in [3.63, 3.8) is 0 Å². The Balaban J connectivity index is 2.33. The van der Waals surface area contributed by atoms with Crippen molar-refractivity contribution in [3.8, 4) is 39.8 Å². The van der Waals surface area contributed by atoms with Gasteiger partial charge in [0.15, 0.2) is 11.5 Å². The summed E-state index contributed by atoms with van der Waals surface area (Å²) in [5.41, 5.74) is 9.28. The van der Waals surface area contributed by atoms with E-state index >= 15 is 0 Å². The molecular weight excluding hydrogens is 302 g/mol. The van der Waals surface area contributed by atoms with Gasteiger partial charge in [0, 0.05) is 17.3 Å². The van der Waals surface area contributed by atoms with Crippen LogP contribution in [-0.4, -0.2) is 17.2 Å². The highest BCUT2D eigenvalue weighted by atomic mass is 16.5. The Morgan fingerprint density at radius 1 is 1.12 bits per heavy atom. The summed E-state index contributed by atoms with van der Waals surface area (Å²) in [7, 11) is 1.48. The number of nitriles is 1. The lowest BCUT2D eigenvalue weighted by Crippen LogP contribution is -2.00. The Morgan fingerprint density at radius 2 is 1.88 bits per heavy atom. The molecule has 3 aromatic rings. The van der Waals surface area contributed by atoms with E-state index in [2.05, 4.69) is 11.1 Å². The minimum Gasteiger partial charge on any atom is -0.504 e. The van der Waals surface area contributed by atoms with Crippen LogP contribution >= 0.6 is 0 Å². The zero-order chi connectivity index (χ0) is 17.1. The number of hydrogen-bond acceptors (Lipinski definition) is 5. The molecule has 1 heterocycles. The molecule has 0 bridgehead atoms. The van der Waals surface area contributed by atoms with E-state index in [1.54, 1.807) is 18.3 Å². The molecule has 0 unspecified atom stereocenters. The molecule has 0 aliphatic heterocycles. The summed E-state index contributed by atoms with van der Waals surface area (Å²) in [6, 6.07) is 16.7. The van der Waals surface area contributed by atoms with Crippen molar-refractivity contribution in [2.45, 2.75) is 0 Å². The number of benzene rings is 2. The van der Waals surface area contributed by atoms with E-state index in [0.29, 0.717) is 22.4 Å². The molecule has 3 N–H and O–H groups in total. The normalized spacial score (nSPS) is 10.2. The van der Waals surface area contributed by atoms with Gasteiger partial charge in [0.05, 0.1) is 7.11 Å². The van der Waals surface area contributed by atoms with Gasteiger partial charge in [-0.1, -0.05) is 36.4 Å². The quantitative estimate of drug-likeness (QED) is 0.770. The number of anilines is 1. The Labute approximate surface area is 139 Å². The highest BCUT2D eigenvalue weighted by Crippen LogP contribution is 2.39. The SMILES string of the molecule is COc1cc(-c2c(-c3ccccc3)cnc(N)c2C#N)ccc1O. The van der Waals surface area contributed by atoms with Crippen LogP contribution in [0.15, 0.2) is 54.7 Å². The van der Waals surface area contributed by atoms with E-state index < -0.39 is 0 Å². The number of aromatic nitrogens is 1. The number of hydrogen-bond donors (Lipinski definition) is 2. The van der Waals surface area contributed by atoms with Crippen LogP contribution in [0.2, 0.25) is 0 Å². The molecule has 0 spiro atoms. The summed E-state index contributed by atoms with van der Waals surface area (Å²) in [5, 5.41) is 19.4. The molecule has 5 heteroatoms. The third kappa shape index (κ3) is 2.61. The second-order valence-corrected chi connectivity index (χ2v) is 5.17. The number of phenols is 1. The molecular formula is C19H15N3O2. The van der Waals surface area contributed by atoms with Crippen LogP contribution in [0.3, 0.4) is 0 Å². The van der Waals surface area contributed by atoms with Gasteiger partial charge in [-0.3, -0.25) is 0 Å². The minimum atomic E-state index is 0.0306. The number of aromatic hydroxyl groups is 1. The van der Waals surface area contributed by atoms with Gasteiger partial charge in [-0.05, 0) is 23.3 Å². The number of pyridine rings is 1. The number of nitrogen functional groups attached to an aromatic ring is 1. The van der Waals surface area contributed by atoms with Crippen molar-refractivity contribution in [2.24, 2.45) is 0 Å². The summed E-state index contributed by atoms with van der Waals surface area (Å²) in [5.74, 6) is 0.521. The monoisotopic (exact) mass is 317 g/mol. The van der Waals surface area contributed by atoms with Crippen LogP contribution in [-0.2, 0) is 0 Å². The standard InChI is InChI=1S/C19H15N3O2/c1-24-17-9-13(7-8-16(17)23)18-14(10-20)19(21)22-11-15(18)12-5-3-2-4-6-12/h2-9,11,23H,1H3,(H2,21,22). The number of nitrogens with zero attached hydrogens (tertiary/aromatic N) is 2. The minimum absolute atomic E-state index is 0.0306. The van der Waals surface area contributed by atoms with Gasteiger partial charge >= 0.3 is 0 Å². The molecule has 0 saturated carbocycles. The summed E-state index contributed by atoms with van der Waals surface area (Å²) in [6.45, 7) is 0. The molecule has 1 aromatic heterocycles. The zero-order valence-electron chi connectivity index (χ0n) is 13.0. The smallest absolute Gasteiger partial charge is 0.161 e. The molecule has 0 saturated heterocycles. The fraction of sp³-hybridized carbons (Fsp3) is 0.0526. The maximum absolute atomic E-state index is 9.82. The molecule has 24 heavy (non-hydrogen) atoms. The summed E-state index contributed by atoms with van der Waals surface area (Å²) in [6.07, 6.45) is 1.65. The molecule has 0 radical (unpaired) electrons. The zero-order valence-corrected chi connectivity index (χ0v) is 13.0. The van der Waals surface area contributed by atoms with Crippen LogP contribution in [0, 0.1) is 11.3 Å². The van der Waals surface area contributed by atoms with Crippen molar-refractivity contribution >= 4 is 5.82 Å². The van der Waals surface area contributed by atoms with E-state index in [1.165, 1.54) is 13.2 Å². The lowest BCUT2D eigenvalue weighted by atomic mass is 9.92. The average Bonchev–Trinajstić information content (AvgIpc) is 2.62. The second-order valence-electron chi connectivity index (χ2n) is 5.17. The van der Waals surface area contributed by atoms with Crippen LogP contribution in [0.4, 0.5) is 5.82 Å². The molecule has 2 aromatic carbocycles. The number of phenolic OH excluding ortho intramolecular Hbond substituents is 1. The third-order valence-corrected chi connectivity index (χ3v) is 3.77. The topological polar surface area (TPSA) is 92.2 Å². The first-order chi connectivity index (χ1) is 11.7. The van der Waals surface area contributed by atoms with Crippen LogP contribution in [0.1, 0.15) is 5.56 Å². The van der Waals surface area contributed by atoms with Gasteiger partial charge in [-0.25, -0.2) is 4.98 Å². The van der Waals surface area contributed by atoms with Gasteiger partial charge in [-0.2, -0.15) is 5.26 Å². The highest BCUT2D eigenvalue weighted by Gasteiger charge is 2.17. The fourth-order valence-corrected chi connectivity index (χ4v) is 2.61. The molecule has 0 atom stereocenters. The molecule has 0 aliphatic rings. The first-order valence-electron chi connectivity index (χ1n) is 7.27. The maximum Gasteiger partial charge on any atom is 0.161 e. The van der Waals surface area contributed by atoms with Gasteiger partial charge < -0.3 is 15.6 Å². The summed E-state index contributed by atoms with van der Waals surface area (Å²) < 4.78 is 5.18. The third-order valence-electron chi connectivity index (χ3n) is 3.77. The Kier molecular flexibility index (Phi) is 4.04. The first kappa shape index (κ1) is 15.4. The molecule has 3 rings (SSSR count). The molecule has 0 aliphatic carbocycles. The summed E-state index contributed by atoms with van der Waals surface area (Å²) in [4.78, 5) is 4.15. The van der Waals surface area contributed by atoms with E-state index in [-0.39, 0.29) is 11.6 Å².